The fourth-order valence-corrected chi connectivity index (χ4v) is 2.61. The van der Waals surface area contributed by atoms with Gasteiger partial charge in [-0.2, -0.15) is 0 Å². The van der Waals surface area contributed by atoms with Crippen LogP contribution in [0.4, 0.5) is 4.39 Å². The highest BCUT2D eigenvalue weighted by molar-refractivity contribution is 5.76. The first-order valence-corrected chi connectivity index (χ1v) is 8.22. The summed E-state index contributed by atoms with van der Waals surface area (Å²) < 4.78 is 18.4. The quantitative estimate of drug-likeness (QED) is 0.836. The lowest BCUT2D eigenvalue weighted by molar-refractivity contribution is -0.134. The third-order valence-corrected chi connectivity index (χ3v) is 3.90. The van der Waals surface area contributed by atoms with E-state index in [0.717, 1.165) is 32.7 Å². The Bertz CT molecular complexity index is 503. The number of benzene rings is 1. The zero-order chi connectivity index (χ0) is 16.9. The van der Waals surface area contributed by atoms with Gasteiger partial charge < -0.3 is 9.64 Å². The maximum atomic E-state index is 12.8. The molecule has 0 radical (unpaired) electrons. The van der Waals surface area contributed by atoms with Gasteiger partial charge in [-0.25, -0.2) is 4.39 Å². The van der Waals surface area contributed by atoms with Gasteiger partial charge in [0.2, 0.25) is 5.91 Å². The maximum Gasteiger partial charge on any atom is 0.223 e. The molecule has 1 aromatic rings. The van der Waals surface area contributed by atoms with Crippen LogP contribution in [0.1, 0.15) is 27.2 Å². The van der Waals surface area contributed by atoms with Crippen molar-refractivity contribution in [1.82, 2.24) is 9.80 Å². The van der Waals surface area contributed by atoms with E-state index >= 15 is 0 Å². The normalized spacial score (nSPS) is 16.4. The smallest absolute Gasteiger partial charge is 0.223 e. The van der Waals surface area contributed by atoms with Gasteiger partial charge in [-0.1, -0.05) is 20.8 Å². The van der Waals surface area contributed by atoms with Gasteiger partial charge in [0, 0.05) is 39.1 Å². The van der Waals surface area contributed by atoms with Crippen molar-refractivity contribution in [3.05, 3.63) is 30.1 Å². The lowest BCUT2D eigenvalue weighted by atomic mass is 9.91. The van der Waals surface area contributed by atoms with Crippen molar-refractivity contribution in [3.8, 4) is 5.75 Å². The number of rotatable bonds is 5. The van der Waals surface area contributed by atoms with Crippen LogP contribution >= 0.6 is 0 Å². The monoisotopic (exact) mass is 322 g/mol. The Morgan fingerprint density at radius 1 is 1.13 bits per heavy atom. The second kappa shape index (κ2) is 7.77. The predicted molar refractivity (Wildman–Crippen MR) is 89.0 cm³/mol. The molecule has 1 amide bonds. The molecular formula is C18H27FN2O2. The summed E-state index contributed by atoms with van der Waals surface area (Å²) in [5.74, 6) is 0.679. The molecular weight excluding hydrogens is 295 g/mol. The zero-order valence-electron chi connectivity index (χ0n) is 14.3. The van der Waals surface area contributed by atoms with E-state index in [0.29, 0.717) is 18.8 Å². The summed E-state index contributed by atoms with van der Waals surface area (Å²) in [6.07, 6.45) is 0.598. The summed E-state index contributed by atoms with van der Waals surface area (Å²) in [6, 6.07) is 6.07. The van der Waals surface area contributed by atoms with E-state index < -0.39 is 0 Å². The molecule has 0 saturated carbocycles. The Morgan fingerprint density at radius 3 is 2.30 bits per heavy atom. The maximum absolute atomic E-state index is 12.8. The molecule has 0 unspecified atom stereocenters. The summed E-state index contributed by atoms with van der Waals surface area (Å²) in [6.45, 7) is 11.0. The van der Waals surface area contributed by atoms with Crippen LogP contribution in [0.5, 0.6) is 5.75 Å². The number of nitrogens with zero attached hydrogens (tertiary/aromatic N) is 2. The second-order valence-corrected chi connectivity index (χ2v) is 7.26. The summed E-state index contributed by atoms with van der Waals surface area (Å²) >= 11 is 0. The molecule has 1 heterocycles. The Labute approximate surface area is 138 Å². The van der Waals surface area contributed by atoms with Crippen LogP contribution in [0.2, 0.25) is 0 Å². The van der Waals surface area contributed by atoms with E-state index in [1.54, 1.807) is 12.1 Å². The fourth-order valence-electron chi connectivity index (χ4n) is 2.61. The molecule has 1 aromatic carbocycles. The van der Waals surface area contributed by atoms with E-state index in [-0.39, 0.29) is 17.1 Å². The summed E-state index contributed by atoms with van der Waals surface area (Å²) in [4.78, 5) is 16.5. The largest absolute Gasteiger partial charge is 0.492 e. The van der Waals surface area contributed by atoms with Crippen LogP contribution in [0.25, 0.3) is 0 Å². The first-order chi connectivity index (χ1) is 10.8. The molecule has 4 nitrogen and oxygen atoms in total. The number of amides is 1. The number of halogens is 1. The SMILES string of the molecule is CC(C)(C)CC(=O)N1CCN(CCOc2ccc(F)cc2)CC1. The first-order valence-electron chi connectivity index (χ1n) is 8.22. The highest BCUT2D eigenvalue weighted by Crippen LogP contribution is 2.20. The van der Waals surface area contributed by atoms with Gasteiger partial charge in [-0.15, -0.1) is 0 Å². The average Bonchev–Trinajstić information content (AvgIpc) is 2.48. The van der Waals surface area contributed by atoms with Gasteiger partial charge in [0.05, 0.1) is 0 Å². The zero-order valence-corrected chi connectivity index (χ0v) is 14.3. The molecule has 2 rings (SSSR count). The second-order valence-electron chi connectivity index (χ2n) is 7.26. The third kappa shape index (κ3) is 6.18. The Hall–Kier alpha value is -1.62. The minimum atomic E-state index is -0.256. The molecule has 1 aliphatic heterocycles. The van der Waals surface area contributed by atoms with Gasteiger partial charge in [0.25, 0.3) is 0 Å². The van der Waals surface area contributed by atoms with Crippen LogP contribution in [0.3, 0.4) is 0 Å². The van der Waals surface area contributed by atoms with Crippen molar-refractivity contribution < 1.29 is 13.9 Å². The molecule has 0 spiro atoms. The van der Waals surface area contributed by atoms with E-state index in [2.05, 4.69) is 25.7 Å². The minimum absolute atomic E-state index is 0.0389. The van der Waals surface area contributed by atoms with Crippen molar-refractivity contribution in [2.75, 3.05) is 39.3 Å². The third-order valence-electron chi connectivity index (χ3n) is 3.90. The highest BCUT2D eigenvalue weighted by Gasteiger charge is 2.24. The van der Waals surface area contributed by atoms with E-state index in [4.69, 9.17) is 4.74 Å². The summed E-state index contributed by atoms with van der Waals surface area (Å²) in [5, 5.41) is 0. The molecule has 0 atom stereocenters. The Balaban J connectivity index is 1.66. The Morgan fingerprint density at radius 2 is 1.74 bits per heavy atom. The molecule has 0 N–H and O–H groups in total. The predicted octanol–water partition coefficient (Wildman–Crippen LogP) is 2.78. The van der Waals surface area contributed by atoms with Gasteiger partial charge in [0.1, 0.15) is 18.2 Å². The highest BCUT2D eigenvalue weighted by atomic mass is 19.1. The number of hydrogen-bond acceptors (Lipinski definition) is 3. The van der Waals surface area contributed by atoms with Crippen molar-refractivity contribution in [2.24, 2.45) is 5.41 Å². The standard InChI is InChI=1S/C18H27FN2O2/c1-18(2,3)14-17(22)21-10-8-20(9-11-21)12-13-23-16-6-4-15(19)5-7-16/h4-7H,8-14H2,1-3H3. The van der Waals surface area contributed by atoms with Crippen molar-refractivity contribution >= 4 is 5.91 Å². The molecule has 0 bridgehead atoms. The molecule has 23 heavy (non-hydrogen) atoms. The number of carbonyl (C=O) groups excluding carboxylic acids is 1. The first kappa shape index (κ1) is 17.7. The summed E-state index contributed by atoms with van der Waals surface area (Å²) in [5.41, 5.74) is 0.0389. The fraction of sp³-hybridized carbons (Fsp3) is 0.611. The molecule has 0 aromatic heterocycles. The lowest BCUT2D eigenvalue weighted by Crippen LogP contribution is -2.50. The minimum Gasteiger partial charge on any atom is -0.492 e. The topological polar surface area (TPSA) is 32.8 Å². The van der Waals surface area contributed by atoms with E-state index in [9.17, 15) is 9.18 Å². The van der Waals surface area contributed by atoms with Gasteiger partial charge in [-0.05, 0) is 29.7 Å². The van der Waals surface area contributed by atoms with Crippen LogP contribution in [-0.4, -0.2) is 55.0 Å². The van der Waals surface area contributed by atoms with Gasteiger partial charge in [0.15, 0.2) is 0 Å². The lowest BCUT2D eigenvalue weighted by Gasteiger charge is -2.35. The molecule has 1 aliphatic rings. The van der Waals surface area contributed by atoms with Crippen LogP contribution in [0.15, 0.2) is 24.3 Å². The van der Waals surface area contributed by atoms with Crippen LogP contribution in [0, 0.1) is 11.2 Å². The average molecular weight is 322 g/mol. The summed E-state index contributed by atoms with van der Waals surface area (Å²) in [7, 11) is 0. The molecule has 5 heteroatoms. The Kier molecular flexibility index (Phi) is 5.99. The molecule has 128 valence electrons. The number of hydrogen-bond donors (Lipinski definition) is 0. The number of carbonyl (C=O) groups is 1. The molecule has 1 fully saturated rings. The number of ether oxygens (including phenoxy) is 1. The number of piperazine rings is 1. The van der Waals surface area contributed by atoms with Crippen LogP contribution in [-0.2, 0) is 4.79 Å². The van der Waals surface area contributed by atoms with E-state index in [1.807, 2.05) is 4.90 Å². The van der Waals surface area contributed by atoms with Crippen molar-refractivity contribution in [1.29, 1.82) is 0 Å². The van der Waals surface area contributed by atoms with Crippen LogP contribution < -0.4 is 4.74 Å². The van der Waals surface area contributed by atoms with Gasteiger partial charge in [-0.3, -0.25) is 9.69 Å². The van der Waals surface area contributed by atoms with Crippen molar-refractivity contribution in [3.63, 3.8) is 0 Å². The van der Waals surface area contributed by atoms with Gasteiger partial charge >= 0.3 is 0 Å². The molecule has 0 aliphatic carbocycles. The van der Waals surface area contributed by atoms with E-state index in [1.165, 1.54) is 12.1 Å². The molecule has 1 saturated heterocycles. The van der Waals surface area contributed by atoms with Crippen molar-refractivity contribution in [2.45, 2.75) is 27.2 Å².